The minimum Gasteiger partial charge on any atom is -0.368 e. The van der Waals surface area contributed by atoms with E-state index in [2.05, 4.69) is 10.2 Å². The van der Waals surface area contributed by atoms with Gasteiger partial charge in [-0.05, 0) is 75.7 Å². The summed E-state index contributed by atoms with van der Waals surface area (Å²) < 4.78 is 0. The molecule has 4 rings (SSSR count). The van der Waals surface area contributed by atoms with Gasteiger partial charge in [0.25, 0.3) is 0 Å². The number of hydrogen-bond donors (Lipinski definition) is 2. The van der Waals surface area contributed by atoms with Gasteiger partial charge in [-0.15, -0.1) is 0 Å². The number of primary amides is 1. The van der Waals surface area contributed by atoms with Crippen molar-refractivity contribution >= 4 is 29.3 Å². The lowest BCUT2D eigenvalue weighted by Crippen LogP contribution is -2.63. The van der Waals surface area contributed by atoms with Crippen LogP contribution < -0.4 is 11.1 Å². The third-order valence-corrected chi connectivity index (χ3v) is 8.12. The molecule has 3 heterocycles. The van der Waals surface area contributed by atoms with Gasteiger partial charge >= 0.3 is 0 Å². The molecule has 0 aliphatic carbocycles. The standard InChI is InChI=1S/C25H35ClN4O3/c26-20-6-4-19(5-7-20)18-24(10-8-21(31)28-24)11-9-22(32)29-16-12-25(13-17-29,23(27)33)30-14-2-1-3-15-30/h4-7H,1-3,8-18H2,(H2,27,33)(H,28,31)/t24-/m0/s1. The van der Waals surface area contributed by atoms with E-state index in [9.17, 15) is 14.4 Å². The van der Waals surface area contributed by atoms with E-state index in [0.717, 1.165) is 37.9 Å². The largest absolute Gasteiger partial charge is 0.368 e. The second kappa shape index (κ2) is 10.0. The third-order valence-electron chi connectivity index (χ3n) is 7.87. The molecule has 1 aromatic carbocycles. The Kier molecular flexibility index (Phi) is 7.29. The smallest absolute Gasteiger partial charge is 0.238 e. The van der Waals surface area contributed by atoms with Gasteiger partial charge in [0.15, 0.2) is 0 Å². The Hall–Kier alpha value is -2.12. The third kappa shape index (κ3) is 5.35. The summed E-state index contributed by atoms with van der Waals surface area (Å²) in [5.41, 5.74) is 5.95. The van der Waals surface area contributed by atoms with E-state index < -0.39 is 11.1 Å². The summed E-state index contributed by atoms with van der Waals surface area (Å²) in [6.45, 7) is 2.91. The molecule has 8 heteroatoms. The first kappa shape index (κ1) is 24.0. The van der Waals surface area contributed by atoms with Crippen LogP contribution in [-0.4, -0.2) is 64.8 Å². The first-order chi connectivity index (χ1) is 15.8. The van der Waals surface area contributed by atoms with Crippen molar-refractivity contribution < 1.29 is 14.4 Å². The van der Waals surface area contributed by atoms with Crippen LogP contribution in [0.3, 0.4) is 0 Å². The minimum atomic E-state index is -0.619. The highest BCUT2D eigenvalue weighted by Crippen LogP contribution is 2.33. The van der Waals surface area contributed by atoms with Crippen molar-refractivity contribution in [3.05, 3.63) is 34.9 Å². The molecule has 3 fully saturated rings. The molecule has 3 aliphatic rings. The molecule has 1 atom stereocenters. The van der Waals surface area contributed by atoms with Crippen LogP contribution in [0.15, 0.2) is 24.3 Å². The normalized spacial score (nSPS) is 25.6. The molecule has 0 bridgehead atoms. The van der Waals surface area contributed by atoms with Gasteiger partial charge in [0.2, 0.25) is 17.7 Å². The Morgan fingerprint density at radius 1 is 1.00 bits per heavy atom. The molecule has 3 amide bonds. The Bertz CT molecular complexity index is 876. The van der Waals surface area contributed by atoms with E-state index in [-0.39, 0.29) is 17.7 Å². The highest BCUT2D eigenvalue weighted by Gasteiger charge is 2.46. The summed E-state index contributed by atoms with van der Waals surface area (Å²) in [4.78, 5) is 41.7. The lowest BCUT2D eigenvalue weighted by atomic mass is 9.82. The minimum absolute atomic E-state index is 0.0437. The molecule has 3 N–H and O–H groups in total. The zero-order valence-corrected chi connectivity index (χ0v) is 20.0. The number of likely N-dealkylation sites (tertiary alicyclic amines) is 2. The van der Waals surface area contributed by atoms with Crippen LogP contribution in [0.4, 0.5) is 0 Å². The number of carbonyl (C=O) groups is 3. The number of nitrogens with zero attached hydrogens (tertiary/aromatic N) is 2. The number of nitrogens with one attached hydrogen (secondary N) is 1. The van der Waals surface area contributed by atoms with E-state index in [4.69, 9.17) is 17.3 Å². The van der Waals surface area contributed by atoms with Gasteiger partial charge in [-0.25, -0.2) is 0 Å². The number of amides is 3. The molecule has 0 saturated carbocycles. The molecule has 0 radical (unpaired) electrons. The van der Waals surface area contributed by atoms with E-state index >= 15 is 0 Å². The molecule has 0 spiro atoms. The molecule has 0 unspecified atom stereocenters. The summed E-state index contributed by atoms with van der Waals surface area (Å²) in [6, 6.07) is 7.66. The van der Waals surface area contributed by atoms with E-state index in [0.29, 0.717) is 56.6 Å². The zero-order chi connectivity index (χ0) is 23.5. The van der Waals surface area contributed by atoms with E-state index in [1.165, 1.54) is 6.42 Å². The molecular weight excluding hydrogens is 440 g/mol. The highest BCUT2D eigenvalue weighted by atomic mass is 35.5. The van der Waals surface area contributed by atoms with Crippen LogP contribution in [0.5, 0.6) is 0 Å². The van der Waals surface area contributed by atoms with Crippen molar-refractivity contribution in [3.63, 3.8) is 0 Å². The van der Waals surface area contributed by atoms with Crippen LogP contribution >= 0.6 is 11.6 Å². The van der Waals surface area contributed by atoms with Gasteiger partial charge in [-0.3, -0.25) is 19.3 Å². The van der Waals surface area contributed by atoms with Gasteiger partial charge < -0.3 is 16.0 Å². The highest BCUT2D eigenvalue weighted by molar-refractivity contribution is 6.30. The summed E-state index contributed by atoms with van der Waals surface area (Å²) in [7, 11) is 0. The fourth-order valence-corrected chi connectivity index (χ4v) is 5.97. The quantitative estimate of drug-likeness (QED) is 0.635. The number of hydrogen-bond acceptors (Lipinski definition) is 4. The molecule has 33 heavy (non-hydrogen) atoms. The predicted molar refractivity (Wildman–Crippen MR) is 128 cm³/mol. The Balaban J connectivity index is 1.36. The van der Waals surface area contributed by atoms with Gasteiger partial charge in [0, 0.05) is 36.5 Å². The lowest BCUT2D eigenvalue weighted by Gasteiger charge is -2.48. The van der Waals surface area contributed by atoms with Crippen molar-refractivity contribution in [2.45, 2.75) is 75.3 Å². The second-order valence-corrected chi connectivity index (χ2v) is 10.4. The predicted octanol–water partition coefficient (Wildman–Crippen LogP) is 2.64. The molecular formula is C25H35ClN4O3. The van der Waals surface area contributed by atoms with Crippen molar-refractivity contribution in [1.82, 2.24) is 15.1 Å². The van der Waals surface area contributed by atoms with E-state index in [1.807, 2.05) is 29.2 Å². The van der Waals surface area contributed by atoms with Crippen LogP contribution in [0.1, 0.15) is 63.4 Å². The number of piperidine rings is 2. The molecule has 180 valence electrons. The Morgan fingerprint density at radius 3 is 2.24 bits per heavy atom. The number of carbonyl (C=O) groups excluding carboxylic acids is 3. The van der Waals surface area contributed by atoms with Crippen LogP contribution in [0, 0.1) is 0 Å². The fourth-order valence-electron chi connectivity index (χ4n) is 5.85. The van der Waals surface area contributed by atoms with Crippen LogP contribution in [-0.2, 0) is 20.8 Å². The number of halogens is 1. The summed E-state index contributed by atoms with van der Waals surface area (Å²) >= 11 is 6.01. The van der Waals surface area contributed by atoms with Crippen LogP contribution in [0.25, 0.3) is 0 Å². The second-order valence-electron chi connectivity index (χ2n) is 9.96. The zero-order valence-electron chi connectivity index (χ0n) is 19.3. The molecule has 3 saturated heterocycles. The lowest BCUT2D eigenvalue weighted by molar-refractivity contribution is -0.142. The SMILES string of the molecule is NC(=O)C1(N2CCCCC2)CCN(C(=O)CC[C@]2(Cc3ccc(Cl)cc3)CCC(=O)N2)CC1. The Morgan fingerprint density at radius 2 is 1.67 bits per heavy atom. The first-order valence-corrected chi connectivity index (χ1v) is 12.6. The van der Waals surface area contributed by atoms with Gasteiger partial charge in [-0.1, -0.05) is 30.2 Å². The Labute approximate surface area is 201 Å². The average molecular weight is 475 g/mol. The summed E-state index contributed by atoms with van der Waals surface area (Å²) in [6.07, 6.45) is 7.46. The van der Waals surface area contributed by atoms with Crippen molar-refractivity contribution in [3.8, 4) is 0 Å². The van der Waals surface area contributed by atoms with Crippen molar-refractivity contribution in [2.24, 2.45) is 5.73 Å². The van der Waals surface area contributed by atoms with E-state index in [1.54, 1.807) is 0 Å². The summed E-state index contributed by atoms with van der Waals surface area (Å²) in [5.74, 6) is -0.127. The topological polar surface area (TPSA) is 95.7 Å². The summed E-state index contributed by atoms with van der Waals surface area (Å²) in [5, 5.41) is 3.83. The maximum absolute atomic E-state index is 13.1. The van der Waals surface area contributed by atoms with Crippen LogP contribution in [0.2, 0.25) is 5.02 Å². The maximum Gasteiger partial charge on any atom is 0.238 e. The monoisotopic (exact) mass is 474 g/mol. The van der Waals surface area contributed by atoms with Crippen molar-refractivity contribution in [2.75, 3.05) is 26.2 Å². The number of rotatable bonds is 7. The molecule has 1 aromatic rings. The molecule has 7 nitrogen and oxygen atoms in total. The average Bonchev–Trinajstić information content (AvgIpc) is 3.20. The maximum atomic E-state index is 13.1. The molecule has 0 aromatic heterocycles. The number of nitrogens with two attached hydrogens (primary N) is 1. The van der Waals surface area contributed by atoms with Gasteiger partial charge in [0.1, 0.15) is 5.54 Å². The molecule has 3 aliphatic heterocycles. The van der Waals surface area contributed by atoms with Gasteiger partial charge in [-0.2, -0.15) is 0 Å². The van der Waals surface area contributed by atoms with Gasteiger partial charge in [0.05, 0.1) is 0 Å². The fraction of sp³-hybridized carbons (Fsp3) is 0.640. The number of benzene rings is 1. The van der Waals surface area contributed by atoms with Crippen molar-refractivity contribution in [1.29, 1.82) is 0 Å². The first-order valence-electron chi connectivity index (χ1n) is 12.2.